The van der Waals surface area contributed by atoms with Crippen molar-refractivity contribution in [2.75, 3.05) is 17.3 Å². The number of hydrogen-bond donors (Lipinski definition) is 2. The van der Waals surface area contributed by atoms with Gasteiger partial charge in [-0.1, -0.05) is 24.3 Å². The molecule has 3 aliphatic carbocycles. The molecule has 0 radical (unpaired) electrons. The molecule has 2 unspecified atom stereocenters. The maximum absolute atomic E-state index is 11.5. The summed E-state index contributed by atoms with van der Waals surface area (Å²) in [5.74, 6) is 0.477. The average molecular weight is 495 g/mol. The second kappa shape index (κ2) is 9.69. The number of hydrogen-bond acceptors (Lipinski definition) is 7. The molecule has 8 nitrogen and oxygen atoms in total. The first-order valence-corrected chi connectivity index (χ1v) is 12.8. The van der Waals surface area contributed by atoms with Gasteiger partial charge in [0.05, 0.1) is 48.0 Å². The molecule has 8 heteroatoms. The predicted octanol–water partition coefficient (Wildman–Crippen LogP) is 4.70. The van der Waals surface area contributed by atoms with E-state index in [9.17, 15) is 4.79 Å². The van der Waals surface area contributed by atoms with E-state index >= 15 is 0 Å². The summed E-state index contributed by atoms with van der Waals surface area (Å²) in [7, 11) is 1.61. The molecule has 0 saturated heterocycles. The van der Waals surface area contributed by atoms with Gasteiger partial charge in [0.25, 0.3) is 0 Å². The number of rotatable bonds is 5. The van der Waals surface area contributed by atoms with Crippen molar-refractivity contribution in [3.8, 4) is 5.88 Å². The fraction of sp³-hybridized carbons (Fsp3) is 0.310. The van der Waals surface area contributed by atoms with Crippen LogP contribution in [0.2, 0.25) is 0 Å². The highest BCUT2D eigenvalue weighted by atomic mass is 16.5. The SMILES string of the molecule is COc1ncccc1N=C1C=C2Nc3ccccc3N(C3=CCC(NC(C)=O)C=C3)C2CC1=NC1CC1. The maximum atomic E-state index is 11.5. The average Bonchev–Trinajstić information content (AvgIpc) is 3.72. The summed E-state index contributed by atoms with van der Waals surface area (Å²) in [6.07, 6.45) is 14.0. The molecule has 4 aliphatic rings. The van der Waals surface area contributed by atoms with Gasteiger partial charge in [-0.2, -0.15) is 0 Å². The van der Waals surface area contributed by atoms with Gasteiger partial charge in [0, 0.05) is 30.9 Å². The Kier molecular flexibility index (Phi) is 6.08. The Bertz CT molecular complexity index is 1380. The molecule has 1 aromatic carbocycles. The number of aliphatic imine (C=N–C) groups is 2. The quantitative estimate of drug-likeness (QED) is 0.629. The number of fused-ring (bicyclic) bond motifs is 2. The lowest BCUT2D eigenvalue weighted by molar-refractivity contribution is -0.119. The summed E-state index contributed by atoms with van der Waals surface area (Å²) in [5, 5.41) is 6.66. The number of para-hydroxylation sites is 2. The third kappa shape index (κ3) is 4.79. The van der Waals surface area contributed by atoms with E-state index < -0.39 is 0 Å². The predicted molar refractivity (Wildman–Crippen MR) is 147 cm³/mol. The largest absolute Gasteiger partial charge is 0.479 e. The number of carbonyl (C=O) groups excluding carboxylic acids is 1. The van der Waals surface area contributed by atoms with E-state index in [1.807, 2.05) is 18.2 Å². The van der Waals surface area contributed by atoms with Crippen LogP contribution >= 0.6 is 0 Å². The normalized spacial score (nSPS) is 24.5. The van der Waals surface area contributed by atoms with E-state index in [2.05, 4.69) is 63.0 Å². The zero-order chi connectivity index (χ0) is 25.4. The van der Waals surface area contributed by atoms with E-state index in [0.717, 1.165) is 59.9 Å². The number of nitrogens with one attached hydrogen (secondary N) is 2. The summed E-state index contributed by atoms with van der Waals surface area (Å²) in [6, 6.07) is 12.6. The minimum Gasteiger partial charge on any atom is -0.479 e. The van der Waals surface area contributed by atoms with Crippen LogP contribution in [0.5, 0.6) is 5.88 Å². The molecule has 0 spiro atoms. The van der Waals surface area contributed by atoms with Crippen LogP contribution in [-0.2, 0) is 4.79 Å². The first-order valence-electron chi connectivity index (χ1n) is 12.8. The van der Waals surface area contributed by atoms with Gasteiger partial charge in [-0.25, -0.2) is 9.98 Å². The lowest BCUT2D eigenvalue weighted by Gasteiger charge is -2.44. The standard InChI is InChI=1S/C29H30N6O2/c1-18(36)31-19-11-13-21(14-12-19)35-27-8-4-3-6-22(27)33-26-16-24(25(17-28(26)35)32-20-9-10-20)34-23-7-5-15-30-29(23)37-2/h3-8,11,13-16,19-20,28,33H,9-10,12,17H2,1-2H3,(H,31,36). The van der Waals surface area contributed by atoms with Crippen LogP contribution in [0, 0.1) is 0 Å². The van der Waals surface area contributed by atoms with Crippen molar-refractivity contribution in [1.82, 2.24) is 10.3 Å². The molecule has 6 rings (SSSR count). The number of benzene rings is 1. The minimum atomic E-state index is -0.0190. The number of carbonyl (C=O) groups is 1. The van der Waals surface area contributed by atoms with Crippen molar-refractivity contribution in [2.24, 2.45) is 9.98 Å². The molecule has 1 aromatic heterocycles. The van der Waals surface area contributed by atoms with Gasteiger partial charge in [-0.3, -0.25) is 9.79 Å². The van der Waals surface area contributed by atoms with Gasteiger partial charge in [0.1, 0.15) is 5.69 Å². The molecular formula is C29H30N6O2. The zero-order valence-electron chi connectivity index (χ0n) is 21.0. The first-order chi connectivity index (χ1) is 18.1. The highest BCUT2D eigenvalue weighted by Crippen LogP contribution is 2.42. The third-order valence-electron chi connectivity index (χ3n) is 6.91. The molecule has 2 atom stereocenters. The summed E-state index contributed by atoms with van der Waals surface area (Å²) < 4.78 is 5.45. The number of nitrogens with zero attached hydrogens (tertiary/aromatic N) is 4. The van der Waals surface area contributed by atoms with E-state index in [0.29, 0.717) is 17.6 Å². The zero-order valence-corrected chi connectivity index (χ0v) is 21.0. The van der Waals surface area contributed by atoms with Crippen molar-refractivity contribution < 1.29 is 9.53 Å². The van der Waals surface area contributed by atoms with Crippen molar-refractivity contribution in [2.45, 2.75) is 50.7 Å². The second-order valence-electron chi connectivity index (χ2n) is 9.70. The van der Waals surface area contributed by atoms with Crippen molar-refractivity contribution in [3.05, 3.63) is 78.3 Å². The molecular weight excluding hydrogens is 464 g/mol. The molecule has 1 saturated carbocycles. The Morgan fingerprint density at radius 2 is 2.08 bits per heavy atom. The van der Waals surface area contributed by atoms with Crippen LogP contribution in [0.15, 0.2) is 88.3 Å². The van der Waals surface area contributed by atoms with Crippen LogP contribution < -0.4 is 20.3 Å². The highest BCUT2D eigenvalue weighted by Gasteiger charge is 2.37. The van der Waals surface area contributed by atoms with Gasteiger partial charge >= 0.3 is 0 Å². The summed E-state index contributed by atoms with van der Waals surface area (Å²) in [4.78, 5) is 28.3. The first kappa shape index (κ1) is 23.2. The molecule has 2 heterocycles. The Morgan fingerprint density at radius 1 is 1.22 bits per heavy atom. The lowest BCUT2D eigenvalue weighted by Crippen LogP contribution is -2.47. The van der Waals surface area contributed by atoms with Crippen molar-refractivity contribution in [3.63, 3.8) is 0 Å². The minimum absolute atomic E-state index is 0.0148. The van der Waals surface area contributed by atoms with Crippen LogP contribution in [0.4, 0.5) is 17.1 Å². The number of ether oxygens (including phenoxy) is 1. The smallest absolute Gasteiger partial charge is 0.239 e. The molecule has 1 amide bonds. The van der Waals surface area contributed by atoms with Crippen LogP contribution in [-0.4, -0.2) is 47.5 Å². The highest BCUT2D eigenvalue weighted by molar-refractivity contribution is 6.48. The van der Waals surface area contributed by atoms with Crippen LogP contribution in [0.25, 0.3) is 0 Å². The van der Waals surface area contributed by atoms with Gasteiger partial charge in [-0.15, -0.1) is 0 Å². The second-order valence-corrected chi connectivity index (χ2v) is 9.70. The fourth-order valence-corrected chi connectivity index (χ4v) is 5.06. The summed E-state index contributed by atoms with van der Waals surface area (Å²) in [6.45, 7) is 1.56. The molecule has 37 heavy (non-hydrogen) atoms. The summed E-state index contributed by atoms with van der Waals surface area (Å²) in [5.41, 5.74) is 6.90. The number of anilines is 2. The van der Waals surface area contributed by atoms with E-state index in [1.165, 1.54) is 0 Å². The fourth-order valence-electron chi connectivity index (χ4n) is 5.06. The topological polar surface area (TPSA) is 91.2 Å². The molecule has 0 bridgehead atoms. The maximum Gasteiger partial charge on any atom is 0.239 e. The number of aromatic nitrogens is 1. The number of amides is 1. The van der Waals surface area contributed by atoms with Gasteiger partial charge in [0.15, 0.2) is 0 Å². The Labute approximate surface area is 216 Å². The monoisotopic (exact) mass is 494 g/mol. The molecule has 2 aromatic rings. The molecule has 188 valence electrons. The molecule has 1 aliphatic heterocycles. The lowest BCUT2D eigenvalue weighted by atomic mass is 9.90. The van der Waals surface area contributed by atoms with E-state index in [1.54, 1.807) is 20.2 Å². The van der Waals surface area contributed by atoms with Crippen molar-refractivity contribution in [1.29, 1.82) is 0 Å². The van der Waals surface area contributed by atoms with E-state index in [-0.39, 0.29) is 18.0 Å². The number of methoxy groups -OCH3 is 1. The van der Waals surface area contributed by atoms with Gasteiger partial charge < -0.3 is 20.3 Å². The van der Waals surface area contributed by atoms with Gasteiger partial charge in [0.2, 0.25) is 11.8 Å². The Morgan fingerprint density at radius 3 is 2.84 bits per heavy atom. The van der Waals surface area contributed by atoms with Crippen molar-refractivity contribution >= 4 is 34.4 Å². The third-order valence-corrected chi connectivity index (χ3v) is 6.91. The molecule has 2 N–H and O–H groups in total. The van der Waals surface area contributed by atoms with Crippen LogP contribution in [0.1, 0.15) is 32.6 Å². The number of pyridine rings is 1. The van der Waals surface area contributed by atoms with E-state index in [4.69, 9.17) is 14.7 Å². The molecule has 1 fully saturated rings. The van der Waals surface area contributed by atoms with Gasteiger partial charge in [-0.05, 0) is 55.7 Å². The number of allylic oxidation sites excluding steroid dienone is 2. The van der Waals surface area contributed by atoms with Crippen LogP contribution in [0.3, 0.4) is 0 Å². The summed E-state index contributed by atoms with van der Waals surface area (Å²) >= 11 is 0. The Balaban J connectivity index is 1.42. The Hall–Kier alpha value is -4.20.